The van der Waals surface area contributed by atoms with E-state index < -0.39 is 12.0 Å². The summed E-state index contributed by atoms with van der Waals surface area (Å²) >= 11 is 6.56. The molecule has 9 heteroatoms. The number of benzene rings is 2. The number of hydrogen-bond donors (Lipinski definition) is 2. The third-order valence-corrected chi connectivity index (χ3v) is 6.57. The molecule has 1 amide bonds. The van der Waals surface area contributed by atoms with Gasteiger partial charge in [-0.3, -0.25) is 14.7 Å². The molecule has 172 valence electrons. The van der Waals surface area contributed by atoms with Crippen molar-refractivity contribution in [2.75, 3.05) is 7.11 Å². The molecule has 1 fully saturated rings. The molecule has 0 unspecified atom stereocenters. The minimum Gasteiger partial charge on any atom is -0.504 e. The lowest BCUT2D eigenvalue weighted by atomic mass is 10.0. The smallest absolute Gasteiger partial charge is 0.329 e. The number of aromatic hydroxyl groups is 2. The average Bonchev–Trinajstić information content (AvgIpc) is 3.12. The molecular formula is C25H20N2O5S2. The number of thiocarbonyl (C=S) groups is 1. The van der Waals surface area contributed by atoms with Crippen molar-refractivity contribution in [2.24, 2.45) is 0 Å². The van der Waals surface area contributed by atoms with E-state index in [1.807, 2.05) is 30.3 Å². The van der Waals surface area contributed by atoms with Gasteiger partial charge in [0.1, 0.15) is 10.4 Å². The largest absolute Gasteiger partial charge is 0.504 e. The number of pyridine rings is 1. The molecule has 3 aromatic rings. The number of methoxy groups -OCH3 is 1. The van der Waals surface area contributed by atoms with Crippen LogP contribution in [-0.4, -0.2) is 49.4 Å². The van der Waals surface area contributed by atoms with Gasteiger partial charge in [0.05, 0.1) is 17.7 Å². The van der Waals surface area contributed by atoms with Crippen LogP contribution in [0, 0.1) is 0 Å². The molecule has 0 aliphatic carbocycles. The molecular weight excluding hydrogens is 472 g/mol. The molecule has 1 saturated heterocycles. The maximum Gasteiger partial charge on any atom is 0.329 e. The third kappa shape index (κ3) is 4.95. The van der Waals surface area contributed by atoms with E-state index in [0.29, 0.717) is 21.7 Å². The van der Waals surface area contributed by atoms with Crippen LogP contribution < -0.4 is 0 Å². The molecule has 0 bridgehead atoms. The van der Waals surface area contributed by atoms with Crippen LogP contribution in [0.4, 0.5) is 0 Å². The molecule has 1 atom stereocenters. The predicted molar refractivity (Wildman–Crippen MR) is 134 cm³/mol. The molecule has 1 aliphatic heterocycles. The summed E-state index contributed by atoms with van der Waals surface area (Å²) in [7, 11) is 1.29. The van der Waals surface area contributed by atoms with Crippen molar-refractivity contribution in [3.05, 3.63) is 82.9 Å². The maximum atomic E-state index is 13.2. The van der Waals surface area contributed by atoms with E-state index in [1.165, 1.54) is 24.1 Å². The van der Waals surface area contributed by atoms with Gasteiger partial charge < -0.3 is 14.9 Å². The van der Waals surface area contributed by atoms with Crippen LogP contribution >= 0.6 is 24.0 Å². The van der Waals surface area contributed by atoms with E-state index in [0.717, 1.165) is 17.3 Å². The Kier molecular flexibility index (Phi) is 6.95. The maximum absolute atomic E-state index is 13.2. The molecule has 2 aromatic carbocycles. The highest BCUT2D eigenvalue weighted by Gasteiger charge is 2.41. The summed E-state index contributed by atoms with van der Waals surface area (Å²) in [4.78, 5) is 31.8. The number of carbonyl (C=O) groups excluding carboxylic acids is 2. The van der Waals surface area contributed by atoms with Gasteiger partial charge >= 0.3 is 5.97 Å². The van der Waals surface area contributed by atoms with Gasteiger partial charge in [0.2, 0.25) is 0 Å². The monoisotopic (exact) mass is 492 g/mol. The zero-order valence-corrected chi connectivity index (χ0v) is 19.7. The molecule has 0 radical (unpaired) electrons. The van der Waals surface area contributed by atoms with Crippen LogP contribution in [-0.2, 0) is 20.7 Å². The highest BCUT2D eigenvalue weighted by atomic mass is 32.2. The Morgan fingerprint density at radius 2 is 1.91 bits per heavy atom. The molecule has 7 nitrogen and oxygen atoms in total. The Balaban J connectivity index is 1.56. The second-order valence-corrected chi connectivity index (χ2v) is 9.14. The van der Waals surface area contributed by atoms with Gasteiger partial charge in [0.25, 0.3) is 5.91 Å². The highest BCUT2D eigenvalue weighted by Crippen LogP contribution is 2.35. The van der Waals surface area contributed by atoms with Crippen LogP contribution in [0.15, 0.2) is 71.8 Å². The fourth-order valence-electron chi connectivity index (χ4n) is 3.50. The molecule has 1 aliphatic rings. The number of hydrogen-bond acceptors (Lipinski definition) is 8. The molecule has 0 spiro atoms. The third-order valence-electron chi connectivity index (χ3n) is 5.24. The quantitative estimate of drug-likeness (QED) is 0.229. The SMILES string of the molecule is COC(=O)[C@H](Cc1ccccc1)N1C(=O)/C(=C/c2ccc(-c3ccc(O)c(O)c3)nc2)SC1=S. The number of phenolic OH excluding ortho intramolecular Hbond substituents is 2. The molecule has 0 saturated carbocycles. The van der Waals surface area contributed by atoms with Crippen LogP contribution in [0.25, 0.3) is 17.3 Å². The molecule has 1 aromatic heterocycles. The first-order valence-electron chi connectivity index (χ1n) is 10.2. The van der Waals surface area contributed by atoms with Gasteiger partial charge in [0, 0.05) is 18.2 Å². The van der Waals surface area contributed by atoms with Crippen LogP contribution in [0.1, 0.15) is 11.1 Å². The first-order valence-corrected chi connectivity index (χ1v) is 11.5. The van der Waals surface area contributed by atoms with Crippen molar-refractivity contribution in [2.45, 2.75) is 12.5 Å². The minimum absolute atomic E-state index is 0.208. The summed E-state index contributed by atoms with van der Waals surface area (Å²) in [6.07, 6.45) is 3.54. The summed E-state index contributed by atoms with van der Waals surface area (Å²) < 4.78 is 5.24. The second-order valence-electron chi connectivity index (χ2n) is 7.46. The fraction of sp³-hybridized carbons (Fsp3) is 0.120. The van der Waals surface area contributed by atoms with E-state index in [1.54, 1.807) is 30.5 Å². The van der Waals surface area contributed by atoms with Gasteiger partial charge in [-0.05, 0) is 41.5 Å². The van der Waals surface area contributed by atoms with E-state index in [2.05, 4.69) is 4.98 Å². The lowest BCUT2D eigenvalue weighted by molar-refractivity contribution is -0.148. The Bertz CT molecular complexity index is 1280. The Hall–Kier alpha value is -3.69. The zero-order chi connectivity index (χ0) is 24.2. The summed E-state index contributed by atoms with van der Waals surface area (Å²) in [5.41, 5.74) is 2.78. The summed E-state index contributed by atoms with van der Waals surface area (Å²) in [6.45, 7) is 0. The molecule has 34 heavy (non-hydrogen) atoms. The number of rotatable bonds is 6. The second kappa shape index (κ2) is 10.1. The number of nitrogens with zero attached hydrogens (tertiary/aromatic N) is 2. The van der Waals surface area contributed by atoms with Crippen molar-refractivity contribution in [1.29, 1.82) is 0 Å². The summed E-state index contributed by atoms with van der Waals surface area (Å²) in [5.74, 6) is -1.35. The van der Waals surface area contributed by atoms with Crippen molar-refractivity contribution in [1.82, 2.24) is 9.88 Å². The van der Waals surface area contributed by atoms with Crippen molar-refractivity contribution >= 4 is 46.3 Å². The summed E-state index contributed by atoms with van der Waals surface area (Å²) in [5, 5.41) is 19.2. The lowest BCUT2D eigenvalue weighted by Crippen LogP contribution is -2.45. The van der Waals surface area contributed by atoms with Gasteiger partial charge in [-0.2, -0.15) is 0 Å². The normalized spacial score (nSPS) is 15.6. The highest BCUT2D eigenvalue weighted by molar-refractivity contribution is 8.26. The van der Waals surface area contributed by atoms with E-state index >= 15 is 0 Å². The topological polar surface area (TPSA) is 100.0 Å². The first-order chi connectivity index (χ1) is 16.4. The van der Waals surface area contributed by atoms with Gasteiger partial charge in [-0.15, -0.1) is 0 Å². The molecule has 2 N–H and O–H groups in total. The van der Waals surface area contributed by atoms with E-state index in [9.17, 15) is 19.8 Å². The Morgan fingerprint density at radius 3 is 2.56 bits per heavy atom. The van der Waals surface area contributed by atoms with E-state index in [-0.39, 0.29) is 28.1 Å². The fourth-order valence-corrected chi connectivity index (χ4v) is 4.85. The first kappa shape index (κ1) is 23.5. The van der Waals surface area contributed by atoms with Crippen molar-refractivity contribution < 1.29 is 24.5 Å². The predicted octanol–water partition coefficient (Wildman–Crippen LogP) is 4.15. The van der Waals surface area contributed by atoms with Crippen molar-refractivity contribution in [3.63, 3.8) is 0 Å². The Labute approximate surface area is 205 Å². The molecule has 4 rings (SSSR count). The number of amides is 1. The number of ether oxygens (including phenoxy) is 1. The van der Waals surface area contributed by atoms with Crippen LogP contribution in [0.5, 0.6) is 11.5 Å². The van der Waals surface area contributed by atoms with Crippen LogP contribution in [0.2, 0.25) is 0 Å². The van der Waals surface area contributed by atoms with Gasteiger partial charge in [-0.25, -0.2) is 4.79 Å². The van der Waals surface area contributed by atoms with Crippen molar-refractivity contribution in [3.8, 4) is 22.8 Å². The van der Waals surface area contributed by atoms with Gasteiger partial charge in [0.15, 0.2) is 11.5 Å². The number of carbonyl (C=O) groups is 2. The number of thioether (sulfide) groups is 1. The number of phenols is 2. The lowest BCUT2D eigenvalue weighted by Gasteiger charge is -2.24. The average molecular weight is 493 g/mol. The van der Waals surface area contributed by atoms with Crippen LogP contribution in [0.3, 0.4) is 0 Å². The molecule has 2 heterocycles. The number of aromatic nitrogens is 1. The number of esters is 1. The standard InChI is InChI=1S/C25H20N2O5S2/c1-32-24(31)19(11-15-5-3-2-4-6-15)27-23(30)22(34-25(27)33)12-16-7-9-18(26-14-16)17-8-10-20(28)21(29)13-17/h2-10,12-14,19,28-29H,11H2,1H3/b22-12-/t19-/m0/s1. The van der Waals surface area contributed by atoms with E-state index in [4.69, 9.17) is 17.0 Å². The Morgan fingerprint density at radius 1 is 1.15 bits per heavy atom. The zero-order valence-electron chi connectivity index (χ0n) is 18.0. The minimum atomic E-state index is -0.867. The summed E-state index contributed by atoms with van der Waals surface area (Å²) in [6, 6.07) is 16.5. The van der Waals surface area contributed by atoms with Gasteiger partial charge in [-0.1, -0.05) is 60.4 Å².